The highest BCUT2D eigenvalue weighted by Crippen LogP contribution is 2.39. The predicted molar refractivity (Wildman–Crippen MR) is 115 cm³/mol. The molecule has 0 saturated heterocycles. The van der Waals surface area contributed by atoms with Gasteiger partial charge in [0.1, 0.15) is 29.6 Å². The Morgan fingerprint density at radius 2 is 2.00 bits per heavy atom. The minimum atomic E-state index is -4.49. The number of amides is 1. The van der Waals surface area contributed by atoms with Crippen LogP contribution in [0.2, 0.25) is 0 Å². The SMILES string of the molecule is CC(n1cnnc1-c1cccc(C(=O)Nc2cc(-n3cnc(C4CC4)c3)ccn2)n1)C(F)(F)F. The normalized spacial score (nSPS) is 14.7. The molecule has 12 heteroatoms. The summed E-state index contributed by atoms with van der Waals surface area (Å²) in [5.41, 5.74) is 1.91. The van der Waals surface area contributed by atoms with Gasteiger partial charge in [-0.2, -0.15) is 13.2 Å². The molecule has 1 N–H and O–H groups in total. The Bertz CT molecular complexity index is 1340. The summed E-state index contributed by atoms with van der Waals surface area (Å²) in [7, 11) is 0. The second-order valence-corrected chi connectivity index (χ2v) is 8.02. The number of hydrogen-bond donors (Lipinski definition) is 1. The van der Waals surface area contributed by atoms with Gasteiger partial charge in [-0.25, -0.2) is 15.0 Å². The van der Waals surface area contributed by atoms with E-state index in [9.17, 15) is 18.0 Å². The maximum absolute atomic E-state index is 13.2. The molecule has 9 nitrogen and oxygen atoms in total. The van der Waals surface area contributed by atoms with E-state index in [1.54, 1.807) is 24.7 Å². The Morgan fingerprint density at radius 3 is 2.76 bits per heavy atom. The molecule has 4 aromatic rings. The average Bonchev–Trinajstić information content (AvgIpc) is 3.34. The second-order valence-electron chi connectivity index (χ2n) is 8.02. The molecule has 174 valence electrons. The molecule has 34 heavy (non-hydrogen) atoms. The fraction of sp³-hybridized carbons (Fsp3) is 0.273. The number of nitrogens with zero attached hydrogens (tertiary/aromatic N) is 7. The van der Waals surface area contributed by atoms with Crippen LogP contribution in [0.25, 0.3) is 17.2 Å². The highest BCUT2D eigenvalue weighted by atomic mass is 19.4. The first-order chi connectivity index (χ1) is 16.3. The van der Waals surface area contributed by atoms with Gasteiger partial charge in [0.2, 0.25) is 0 Å². The largest absolute Gasteiger partial charge is 0.408 e. The van der Waals surface area contributed by atoms with E-state index >= 15 is 0 Å². The van der Waals surface area contributed by atoms with Crippen molar-refractivity contribution in [2.45, 2.75) is 37.9 Å². The smallest absolute Gasteiger partial charge is 0.306 e. The molecular weight excluding hydrogens is 449 g/mol. The lowest BCUT2D eigenvalue weighted by atomic mass is 10.2. The Kier molecular flexibility index (Phi) is 5.34. The summed E-state index contributed by atoms with van der Waals surface area (Å²) < 4.78 is 42.3. The van der Waals surface area contributed by atoms with E-state index in [-0.39, 0.29) is 17.2 Å². The Labute approximate surface area is 191 Å². The van der Waals surface area contributed by atoms with Gasteiger partial charge in [-0.3, -0.25) is 4.79 Å². The molecule has 4 heterocycles. The number of aromatic nitrogens is 7. The molecule has 1 unspecified atom stereocenters. The first-order valence-electron chi connectivity index (χ1n) is 10.5. The molecule has 1 aliphatic carbocycles. The number of pyridine rings is 2. The average molecular weight is 468 g/mol. The van der Waals surface area contributed by atoms with Crippen LogP contribution in [0.3, 0.4) is 0 Å². The summed E-state index contributed by atoms with van der Waals surface area (Å²) in [6.45, 7) is 0.996. The maximum atomic E-state index is 13.2. The molecule has 0 aromatic carbocycles. The van der Waals surface area contributed by atoms with Crippen molar-refractivity contribution < 1.29 is 18.0 Å². The minimum Gasteiger partial charge on any atom is -0.306 e. The van der Waals surface area contributed by atoms with Gasteiger partial charge < -0.3 is 14.5 Å². The summed E-state index contributed by atoms with van der Waals surface area (Å²) in [6.07, 6.45) is 4.03. The Balaban J connectivity index is 1.36. The standard InChI is InChI=1S/C22H19F3N8O/c1-13(22(23,24)25)33-12-28-31-20(33)16-3-2-4-17(29-16)21(34)30-19-9-15(7-8-26-19)32-10-18(27-11-32)14-5-6-14/h2-4,7-14H,5-6H2,1H3,(H,26,30,34). The fourth-order valence-corrected chi connectivity index (χ4v) is 3.45. The Hall–Kier alpha value is -4.09. The molecular formula is C22H19F3N8O. The molecule has 1 fully saturated rings. The van der Waals surface area contributed by atoms with E-state index < -0.39 is 18.1 Å². The van der Waals surface area contributed by atoms with Crippen molar-refractivity contribution in [2.24, 2.45) is 0 Å². The van der Waals surface area contributed by atoms with Crippen LogP contribution in [-0.4, -0.2) is 46.4 Å². The van der Waals surface area contributed by atoms with Crippen LogP contribution in [0.15, 0.2) is 55.4 Å². The zero-order valence-corrected chi connectivity index (χ0v) is 17.9. The van der Waals surface area contributed by atoms with E-state index in [0.29, 0.717) is 11.7 Å². The van der Waals surface area contributed by atoms with Crippen molar-refractivity contribution in [1.82, 2.24) is 34.3 Å². The summed E-state index contributed by atoms with van der Waals surface area (Å²) >= 11 is 0. The molecule has 0 spiro atoms. The first-order valence-corrected chi connectivity index (χ1v) is 10.5. The molecule has 1 saturated carbocycles. The lowest BCUT2D eigenvalue weighted by Crippen LogP contribution is -2.24. The van der Waals surface area contributed by atoms with Gasteiger partial charge >= 0.3 is 6.18 Å². The summed E-state index contributed by atoms with van der Waals surface area (Å²) in [6, 6.07) is 6.07. The Morgan fingerprint density at radius 1 is 1.18 bits per heavy atom. The van der Waals surface area contributed by atoms with E-state index in [1.165, 1.54) is 18.2 Å². The van der Waals surface area contributed by atoms with Gasteiger partial charge in [0.15, 0.2) is 5.82 Å². The molecule has 1 amide bonds. The third-order valence-corrected chi connectivity index (χ3v) is 5.56. The van der Waals surface area contributed by atoms with Crippen molar-refractivity contribution >= 4 is 11.7 Å². The number of rotatable bonds is 6. The van der Waals surface area contributed by atoms with Gasteiger partial charge in [0.05, 0.1) is 17.7 Å². The molecule has 4 aromatic heterocycles. The topological polar surface area (TPSA) is 103 Å². The molecule has 0 bridgehead atoms. The van der Waals surface area contributed by atoms with Gasteiger partial charge in [0.25, 0.3) is 5.91 Å². The van der Waals surface area contributed by atoms with Gasteiger partial charge in [-0.1, -0.05) is 6.07 Å². The quantitative estimate of drug-likeness (QED) is 0.456. The van der Waals surface area contributed by atoms with Crippen molar-refractivity contribution in [3.05, 3.63) is 66.8 Å². The number of anilines is 1. The van der Waals surface area contributed by atoms with Crippen molar-refractivity contribution in [1.29, 1.82) is 0 Å². The van der Waals surface area contributed by atoms with E-state index in [0.717, 1.165) is 42.0 Å². The zero-order valence-electron chi connectivity index (χ0n) is 17.9. The monoisotopic (exact) mass is 468 g/mol. The van der Waals surface area contributed by atoms with E-state index in [1.807, 2.05) is 10.8 Å². The molecule has 1 aliphatic rings. The number of carbonyl (C=O) groups is 1. The summed E-state index contributed by atoms with van der Waals surface area (Å²) in [5, 5.41) is 10.0. The third-order valence-electron chi connectivity index (χ3n) is 5.56. The zero-order chi connectivity index (χ0) is 23.9. The number of halogens is 3. The lowest BCUT2D eigenvalue weighted by Gasteiger charge is -2.18. The molecule has 5 rings (SSSR count). The summed E-state index contributed by atoms with van der Waals surface area (Å²) in [5.74, 6) is 0.160. The highest BCUT2D eigenvalue weighted by Gasteiger charge is 2.38. The molecule has 0 aliphatic heterocycles. The number of hydrogen-bond acceptors (Lipinski definition) is 6. The van der Waals surface area contributed by atoms with Gasteiger partial charge in [0, 0.05) is 24.4 Å². The number of nitrogens with one attached hydrogen (secondary N) is 1. The van der Waals surface area contributed by atoms with E-state index in [2.05, 4.69) is 30.5 Å². The van der Waals surface area contributed by atoms with Crippen LogP contribution < -0.4 is 5.32 Å². The number of imidazole rings is 1. The number of alkyl halides is 3. The van der Waals surface area contributed by atoms with Crippen LogP contribution in [0, 0.1) is 0 Å². The predicted octanol–water partition coefficient (Wildman–Crippen LogP) is 4.17. The van der Waals surface area contributed by atoms with Crippen LogP contribution >= 0.6 is 0 Å². The lowest BCUT2D eigenvalue weighted by molar-refractivity contribution is -0.162. The fourth-order valence-electron chi connectivity index (χ4n) is 3.45. The maximum Gasteiger partial charge on any atom is 0.408 e. The van der Waals surface area contributed by atoms with Crippen molar-refractivity contribution in [2.75, 3.05) is 5.32 Å². The number of carbonyl (C=O) groups excluding carboxylic acids is 1. The van der Waals surface area contributed by atoms with Crippen LogP contribution in [-0.2, 0) is 0 Å². The van der Waals surface area contributed by atoms with Gasteiger partial charge in [-0.15, -0.1) is 10.2 Å². The molecule has 1 atom stereocenters. The van der Waals surface area contributed by atoms with Crippen LogP contribution in [0.5, 0.6) is 0 Å². The summed E-state index contributed by atoms with van der Waals surface area (Å²) in [4.78, 5) is 25.6. The second kappa shape index (κ2) is 8.36. The minimum absolute atomic E-state index is 0.00225. The van der Waals surface area contributed by atoms with Crippen molar-refractivity contribution in [3.8, 4) is 17.2 Å². The van der Waals surface area contributed by atoms with E-state index in [4.69, 9.17) is 0 Å². The highest BCUT2D eigenvalue weighted by molar-refractivity contribution is 6.02. The van der Waals surface area contributed by atoms with Crippen LogP contribution in [0.4, 0.5) is 19.0 Å². The molecule has 0 radical (unpaired) electrons. The van der Waals surface area contributed by atoms with Gasteiger partial charge in [-0.05, 0) is 38.0 Å². The first kappa shape index (κ1) is 21.7. The van der Waals surface area contributed by atoms with Crippen LogP contribution in [0.1, 0.15) is 47.9 Å². The van der Waals surface area contributed by atoms with Crippen molar-refractivity contribution in [3.63, 3.8) is 0 Å². The third kappa shape index (κ3) is 4.38.